The molecule has 0 bridgehead atoms. The van der Waals surface area contributed by atoms with Crippen molar-refractivity contribution in [2.45, 2.75) is 13.0 Å². The van der Waals surface area contributed by atoms with E-state index in [2.05, 4.69) is 5.32 Å². The maximum atomic E-state index is 13.5. The zero-order valence-electron chi connectivity index (χ0n) is 11.8. The highest BCUT2D eigenvalue weighted by Gasteiger charge is 2.17. The van der Waals surface area contributed by atoms with Crippen molar-refractivity contribution < 1.29 is 18.7 Å². The average Bonchev–Trinajstić information content (AvgIpc) is 2.50. The standard InChI is InChI=1S/C16H16FNO3/c1-11(21-14-9-5-3-7-12(14)17)16(19)18-13-8-4-6-10-15(13)20-2/h3-11H,1-2H3,(H,18,19)/t11-/m0/s1. The summed E-state index contributed by atoms with van der Waals surface area (Å²) < 4.78 is 24.0. The molecule has 0 saturated carbocycles. The summed E-state index contributed by atoms with van der Waals surface area (Å²) in [6.45, 7) is 1.55. The van der Waals surface area contributed by atoms with Crippen molar-refractivity contribution in [2.24, 2.45) is 0 Å². The summed E-state index contributed by atoms with van der Waals surface area (Å²) >= 11 is 0. The molecular weight excluding hydrogens is 273 g/mol. The lowest BCUT2D eigenvalue weighted by molar-refractivity contribution is -0.122. The van der Waals surface area contributed by atoms with Crippen LogP contribution >= 0.6 is 0 Å². The number of benzene rings is 2. The van der Waals surface area contributed by atoms with E-state index in [1.54, 1.807) is 43.3 Å². The van der Waals surface area contributed by atoms with Crippen molar-refractivity contribution >= 4 is 11.6 Å². The maximum Gasteiger partial charge on any atom is 0.265 e. The molecule has 21 heavy (non-hydrogen) atoms. The minimum atomic E-state index is -0.841. The van der Waals surface area contributed by atoms with Gasteiger partial charge in [-0.05, 0) is 31.2 Å². The normalized spacial score (nSPS) is 11.6. The highest BCUT2D eigenvalue weighted by atomic mass is 19.1. The van der Waals surface area contributed by atoms with Gasteiger partial charge in [0.25, 0.3) is 5.91 Å². The van der Waals surface area contributed by atoms with E-state index >= 15 is 0 Å². The van der Waals surface area contributed by atoms with E-state index in [1.807, 2.05) is 0 Å². The highest BCUT2D eigenvalue weighted by Crippen LogP contribution is 2.24. The van der Waals surface area contributed by atoms with Gasteiger partial charge in [-0.25, -0.2) is 4.39 Å². The molecule has 2 aromatic carbocycles. The van der Waals surface area contributed by atoms with Crippen LogP contribution in [0.25, 0.3) is 0 Å². The highest BCUT2D eigenvalue weighted by molar-refractivity contribution is 5.95. The van der Waals surface area contributed by atoms with Crippen LogP contribution in [0.2, 0.25) is 0 Å². The molecule has 0 aliphatic rings. The van der Waals surface area contributed by atoms with Crippen LogP contribution in [-0.4, -0.2) is 19.1 Å². The summed E-state index contributed by atoms with van der Waals surface area (Å²) in [5.74, 6) is -0.304. The van der Waals surface area contributed by atoms with Gasteiger partial charge >= 0.3 is 0 Å². The Morgan fingerprint density at radius 2 is 1.71 bits per heavy atom. The molecule has 4 nitrogen and oxygen atoms in total. The first-order valence-corrected chi connectivity index (χ1v) is 6.47. The van der Waals surface area contributed by atoms with Gasteiger partial charge in [-0.2, -0.15) is 0 Å². The fourth-order valence-electron chi connectivity index (χ4n) is 1.77. The van der Waals surface area contributed by atoms with E-state index in [9.17, 15) is 9.18 Å². The number of rotatable bonds is 5. The van der Waals surface area contributed by atoms with Crippen molar-refractivity contribution in [2.75, 3.05) is 12.4 Å². The summed E-state index contributed by atoms with van der Waals surface area (Å²) in [6, 6.07) is 13.0. The Hall–Kier alpha value is -2.56. The van der Waals surface area contributed by atoms with Crippen molar-refractivity contribution in [3.05, 3.63) is 54.3 Å². The van der Waals surface area contributed by atoms with Crippen LogP contribution in [0.5, 0.6) is 11.5 Å². The number of nitrogens with one attached hydrogen (secondary N) is 1. The Morgan fingerprint density at radius 1 is 1.10 bits per heavy atom. The molecule has 0 fully saturated rings. The largest absolute Gasteiger partial charge is 0.495 e. The van der Waals surface area contributed by atoms with E-state index in [-0.39, 0.29) is 11.7 Å². The first kappa shape index (κ1) is 14.8. The Morgan fingerprint density at radius 3 is 2.38 bits per heavy atom. The molecule has 1 N–H and O–H groups in total. The van der Waals surface area contributed by atoms with Crippen LogP contribution in [0.1, 0.15) is 6.92 Å². The molecular formula is C16H16FNO3. The smallest absolute Gasteiger partial charge is 0.265 e. The number of methoxy groups -OCH3 is 1. The van der Waals surface area contributed by atoms with Crippen LogP contribution in [0.3, 0.4) is 0 Å². The fourth-order valence-corrected chi connectivity index (χ4v) is 1.77. The number of anilines is 1. The molecule has 1 atom stereocenters. The van der Waals surface area contributed by atoms with E-state index in [4.69, 9.17) is 9.47 Å². The van der Waals surface area contributed by atoms with E-state index < -0.39 is 11.9 Å². The van der Waals surface area contributed by atoms with Crippen LogP contribution in [-0.2, 0) is 4.79 Å². The molecule has 0 aliphatic heterocycles. The van der Waals surface area contributed by atoms with Gasteiger partial charge in [0.15, 0.2) is 17.7 Å². The number of carbonyl (C=O) groups is 1. The minimum absolute atomic E-state index is 0.0418. The van der Waals surface area contributed by atoms with Crippen LogP contribution in [0.15, 0.2) is 48.5 Å². The Balaban J connectivity index is 2.05. The van der Waals surface area contributed by atoms with Crippen LogP contribution < -0.4 is 14.8 Å². The van der Waals surface area contributed by atoms with Gasteiger partial charge in [-0.1, -0.05) is 24.3 Å². The molecule has 2 aromatic rings. The predicted molar refractivity (Wildman–Crippen MR) is 78.1 cm³/mol. The van der Waals surface area contributed by atoms with E-state index in [1.165, 1.54) is 19.2 Å². The van der Waals surface area contributed by atoms with Crippen molar-refractivity contribution in [3.63, 3.8) is 0 Å². The second-order valence-electron chi connectivity index (χ2n) is 4.38. The molecule has 1 amide bonds. The van der Waals surface area contributed by atoms with Crippen molar-refractivity contribution in [1.29, 1.82) is 0 Å². The fraction of sp³-hybridized carbons (Fsp3) is 0.188. The molecule has 0 heterocycles. The van der Waals surface area contributed by atoms with Gasteiger partial charge in [-0.15, -0.1) is 0 Å². The lowest BCUT2D eigenvalue weighted by atomic mass is 10.2. The molecule has 0 radical (unpaired) electrons. The lowest BCUT2D eigenvalue weighted by Gasteiger charge is -2.16. The average molecular weight is 289 g/mol. The second-order valence-corrected chi connectivity index (χ2v) is 4.38. The van der Waals surface area contributed by atoms with Crippen LogP contribution in [0.4, 0.5) is 10.1 Å². The number of para-hydroxylation sites is 3. The summed E-state index contributed by atoms with van der Waals surface area (Å²) in [4.78, 5) is 12.1. The third kappa shape index (κ3) is 3.72. The van der Waals surface area contributed by atoms with Gasteiger partial charge in [0.2, 0.25) is 0 Å². The number of ether oxygens (including phenoxy) is 2. The predicted octanol–water partition coefficient (Wildman–Crippen LogP) is 3.24. The third-order valence-corrected chi connectivity index (χ3v) is 2.87. The summed E-state index contributed by atoms with van der Waals surface area (Å²) in [5.41, 5.74) is 0.536. The first-order chi connectivity index (χ1) is 10.1. The number of hydrogen-bond acceptors (Lipinski definition) is 3. The zero-order valence-corrected chi connectivity index (χ0v) is 11.8. The SMILES string of the molecule is COc1ccccc1NC(=O)[C@H](C)Oc1ccccc1F. The zero-order chi connectivity index (χ0) is 15.2. The number of amides is 1. The molecule has 0 aliphatic carbocycles. The molecule has 5 heteroatoms. The van der Waals surface area contributed by atoms with E-state index in [0.717, 1.165) is 0 Å². The number of hydrogen-bond donors (Lipinski definition) is 1. The third-order valence-electron chi connectivity index (χ3n) is 2.87. The van der Waals surface area contributed by atoms with Gasteiger partial charge in [0.1, 0.15) is 5.75 Å². The summed E-state index contributed by atoms with van der Waals surface area (Å²) in [6.07, 6.45) is -0.841. The maximum absolute atomic E-state index is 13.5. The van der Waals surface area contributed by atoms with E-state index in [0.29, 0.717) is 11.4 Å². The van der Waals surface area contributed by atoms with Gasteiger partial charge in [-0.3, -0.25) is 4.79 Å². The molecule has 0 unspecified atom stereocenters. The topological polar surface area (TPSA) is 47.6 Å². The summed E-state index contributed by atoms with van der Waals surface area (Å²) in [7, 11) is 1.52. The minimum Gasteiger partial charge on any atom is -0.495 e. The first-order valence-electron chi connectivity index (χ1n) is 6.47. The molecule has 0 spiro atoms. The second kappa shape index (κ2) is 6.74. The quantitative estimate of drug-likeness (QED) is 0.919. The molecule has 0 aromatic heterocycles. The van der Waals surface area contributed by atoms with Crippen molar-refractivity contribution in [3.8, 4) is 11.5 Å². The number of halogens is 1. The Bertz CT molecular complexity index is 630. The van der Waals surface area contributed by atoms with Gasteiger partial charge in [0, 0.05) is 0 Å². The number of carbonyl (C=O) groups excluding carboxylic acids is 1. The van der Waals surface area contributed by atoms with Gasteiger partial charge < -0.3 is 14.8 Å². The molecule has 0 saturated heterocycles. The van der Waals surface area contributed by atoms with Crippen molar-refractivity contribution in [1.82, 2.24) is 0 Å². The summed E-state index contributed by atoms with van der Waals surface area (Å²) in [5, 5.41) is 2.69. The monoisotopic (exact) mass is 289 g/mol. The molecule has 2 rings (SSSR count). The Labute approximate surface area is 122 Å². The lowest BCUT2D eigenvalue weighted by Crippen LogP contribution is -2.30. The molecule has 110 valence electrons. The van der Waals surface area contributed by atoms with Crippen LogP contribution in [0, 0.1) is 5.82 Å². The van der Waals surface area contributed by atoms with Gasteiger partial charge in [0.05, 0.1) is 12.8 Å². The Kier molecular flexibility index (Phi) is 4.77.